The van der Waals surface area contributed by atoms with Crippen molar-refractivity contribution in [3.63, 3.8) is 0 Å². The van der Waals surface area contributed by atoms with Gasteiger partial charge in [0.2, 0.25) is 0 Å². The van der Waals surface area contributed by atoms with E-state index in [4.69, 9.17) is 18.9 Å². The molecule has 0 radical (unpaired) electrons. The lowest BCUT2D eigenvalue weighted by Gasteiger charge is -2.46. The molecule has 2 rings (SSSR count). The van der Waals surface area contributed by atoms with E-state index in [1.54, 1.807) is 55.5 Å². The Hall–Kier alpha value is -2.86. The zero-order chi connectivity index (χ0) is 28.5. The van der Waals surface area contributed by atoms with Gasteiger partial charge in [-0.1, -0.05) is 36.4 Å². The van der Waals surface area contributed by atoms with Crippen LogP contribution in [0.2, 0.25) is 0 Å². The minimum Gasteiger partial charge on any atom is -0.493 e. The first kappa shape index (κ1) is 31.4. The number of ether oxygens (including phenoxy) is 4. The maximum Gasteiger partial charge on any atom is 0.164 e. The third kappa shape index (κ3) is 6.58. The van der Waals surface area contributed by atoms with Crippen LogP contribution in [0.1, 0.15) is 24.5 Å². The molecule has 2 aromatic rings. The van der Waals surface area contributed by atoms with Gasteiger partial charge in [0.25, 0.3) is 0 Å². The molecule has 0 aromatic heterocycles. The van der Waals surface area contributed by atoms with E-state index in [1.807, 2.05) is 0 Å². The van der Waals surface area contributed by atoms with Gasteiger partial charge in [-0.3, -0.25) is 0 Å². The van der Waals surface area contributed by atoms with Crippen molar-refractivity contribution in [2.75, 3.05) is 35.0 Å². The van der Waals surface area contributed by atoms with Crippen molar-refractivity contribution in [2.24, 2.45) is 0 Å². The smallest absolute Gasteiger partial charge is 0.164 e. The number of allylic oxidation sites excluding steroid dienone is 1. The second kappa shape index (κ2) is 13.8. The van der Waals surface area contributed by atoms with Gasteiger partial charge >= 0.3 is 0 Å². The molecule has 0 amide bonds. The summed E-state index contributed by atoms with van der Waals surface area (Å²) in [6, 6.07) is 9.90. The van der Waals surface area contributed by atoms with Gasteiger partial charge in [0.05, 0.1) is 35.0 Å². The van der Waals surface area contributed by atoms with Crippen molar-refractivity contribution in [1.82, 2.24) is 0 Å². The standard InChI is InChI=1S/C28H40O10/c1-6-7-14-27(33,15-18-10-8-12-21(35-2)23(18)37-4)26(32)28(34,25(31)20(30)17-29)16-19-11-9-13-22(36-3)24(19)38-5/h6-13,20,25-26,29-34H,14-17H2,1-5H3/b7-6+/t20-,25+,26+,27?,28+/m0/s1. The molecule has 212 valence electrons. The van der Waals surface area contributed by atoms with E-state index in [2.05, 4.69) is 0 Å². The molecule has 0 spiro atoms. The molecule has 2 aromatic carbocycles. The van der Waals surface area contributed by atoms with Gasteiger partial charge in [-0.05, 0) is 25.5 Å². The van der Waals surface area contributed by atoms with Crippen LogP contribution in [0.15, 0.2) is 48.6 Å². The summed E-state index contributed by atoms with van der Waals surface area (Å²) in [5.74, 6) is 1.30. The second-order valence-corrected chi connectivity index (χ2v) is 9.12. The summed E-state index contributed by atoms with van der Waals surface area (Å²) in [6.45, 7) is 0.832. The molecule has 1 unspecified atom stereocenters. The first-order valence-corrected chi connectivity index (χ1v) is 12.2. The summed E-state index contributed by atoms with van der Waals surface area (Å²) in [7, 11) is 5.74. The summed E-state index contributed by atoms with van der Waals surface area (Å²) in [5, 5.41) is 66.5. The van der Waals surface area contributed by atoms with Crippen molar-refractivity contribution in [1.29, 1.82) is 0 Å². The summed E-state index contributed by atoms with van der Waals surface area (Å²) < 4.78 is 21.6. The Bertz CT molecular complexity index is 1060. The Morgan fingerprint density at radius 1 is 0.789 bits per heavy atom. The highest BCUT2D eigenvalue weighted by Gasteiger charge is 2.54. The largest absolute Gasteiger partial charge is 0.493 e. The maximum absolute atomic E-state index is 11.9. The van der Waals surface area contributed by atoms with E-state index < -0.39 is 42.5 Å². The highest BCUT2D eigenvalue weighted by molar-refractivity contribution is 5.49. The van der Waals surface area contributed by atoms with E-state index in [9.17, 15) is 30.6 Å². The first-order chi connectivity index (χ1) is 18.1. The Kier molecular flexibility index (Phi) is 11.4. The van der Waals surface area contributed by atoms with Gasteiger partial charge in [0, 0.05) is 24.0 Å². The third-order valence-electron chi connectivity index (χ3n) is 6.69. The Balaban J connectivity index is 2.69. The molecule has 0 saturated carbocycles. The number of hydrogen-bond acceptors (Lipinski definition) is 10. The van der Waals surface area contributed by atoms with E-state index in [-0.39, 0.29) is 18.6 Å². The molecular weight excluding hydrogens is 496 g/mol. The van der Waals surface area contributed by atoms with Gasteiger partial charge in [-0.25, -0.2) is 0 Å². The number of methoxy groups -OCH3 is 4. The van der Waals surface area contributed by atoms with Crippen LogP contribution >= 0.6 is 0 Å². The van der Waals surface area contributed by atoms with Crippen molar-refractivity contribution < 1.29 is 49.6 Å². The molecule has 0 aliphatic rings. The van der Waals surface area contributed by atoms with Crippen molar-refractivity contribution in [3.8, 4) is 23.0 Å². The lowest BCUT2D eigenvalue weighted by atomic mass is 9.71. The minimum atomic E-state index is -2.57. The second-order valence-electron chi connectivity index (χ2n) is 9.12. The molecular formula is C28H40O10. The van der Waals surface area contributed by atoms with Crippen LogP contribution in [0.3, 0.4) is 0 Å². The summed E-state index contributed by atoms with van der Waals surface area (Å²) >= 11 is 0. The van der Waals surface area contributed by atoms with E-state index in [0.717, 1.165) is 0 Å². The quantitative estimate of drug-likeness (QED) is 0.181. The van der Waals surface area contributed by atoms with E-state index >= 15 is 0 Å². The molecule has 5 atom stereocenters. The molecule has 0 aliphatic heterocycles. The number of rotatable bonds is 15. The number of benzene rings is 2. The zero-order valence-electron chi connectivity index (χ0n) is 22.5. The van der Waals surface area contributed by atoms with Crippen molar-refractivity contribution in [3.05, 3.63) is 59.7 Å². The van der Waals surface area contributed by atoms with Crippen LogP contribution in [-0.2, 0) is 12.8 Å². The first-order valence-electron chi connectivity index (χ1n) is 12.2. The maximum atomic E-state index is 11.9. The molecule has 0 heterocycles. The molecule has 0 saturated heterocycles. The number of hydrogen-bond donors (Lipinski definition) is 6. The molecule has 0 bridgehead atoms. The van der Waals surface area contributed by atoms with Crippen molar-refractivity contribution >= 4 is 0 Å². The molecule has 38 heavy (non-hydrogen) atoms. The molecule has 10 nitrogen and oxygen atoms in total. The SMILES string of the molecule is C/C=C/CC(O)(Cc1cccc(OC)c1OC)[C@@H](O)[C@@](O)(Cc1cccc(OC)c1OC)[C@H](O)[C@@H](O)CO. The molecule has 6 N–H and O–H groups in total. The lowest BCUT2D eigenvalue weighted by molar-refractivity contribution is -0.228. The molecule has 10 heteroatoms. The summed E-state index contributed by atoms with van der Waals surface area (Å²) in [5.41, 5.74) is -3.85. The lowest BCUT2D eigenvalue weighted by Crippen LogP contribution is -2.66. The van der Waals surface area contributed by atoms with Crippen LogP contribution in [0.25, 0.3) is 0 Å². The predicted molar refractivity (Wildman–Crippen MR) is 141 cm³/mol. The number of aliphatic hydroxyl groups excluding tert-OH is 4. The Labute approximate surface area is 223 Å². The Morgan fingerprint density at radius 2 is 1.29 bits per heavy atom. The van der Waals surface area contributed by atoms with Gasteiger partial charge in [-0.2, -0.15) is 0 Å². The number of aliphatic hydroxyl groups is 6. The molecule has 0 aliphatic carbocycles. The third-order valence-corrected chi connectivity index (χ3v) is 6.69. The predicted octanol–water partition coefficient (Wildman–Crippen LogP) is 1.01. The zero-order valence-corrected chi connectivity index (χ0v) is 22.5. The average Bonchev–Trinajstić information content (AvgIpc) is 2.94. The Morgan fingerprint density at radius 3 is 1.71 bits per heavy atom. The highest BCUT2D eigenvalue weighted by Crippen LogP contribution is 2.41. The van der Waals surface area contributed by atoms with Gasteiger partial charge in [0.15, 0.2) is 23.0 Å². The van der Waals surface area contributed by atoms with Crippen LogP contribution in [0.4, 0.5) is 0 Å². The van der Waals surface area contributed by atoms with Gasteiger partial charge in [0.1, 0.15) is 29.5 Å². The van der Waals surface area contributed by atoms with E-state index in [0.29, 0.717) is 28.4 Å². The summed E-state index contributed by atoms with van der Waals surface area (Å²) in [4.78, 5) is 0. The van der Waals surface area contributed by atoms with Crippen molar-refractivity contribution in [2.45, 2.75) is 55.7 Å². The normalized spacial score (nSPS) is 17.2. The highest BCUT2D eigenvalue weighted by atomic mass is 16.5. The fourth-order valence-electron chi connectivity index (χ4n) is 4.68. The minimum absolute atomic E-state index is 0.134. The topological polar surface area (TPSA) is 158 Å². The van der Waals surface area contributed by atoms with Gasteiger partial charge < -0.3 is 49.6 Å². The van der Waals surface area contributed by atoms with Crippen LogP contribution in [0, 0.1) is 0 Å². The van der Waals surface area contributed by atoms with E-state index in [1.165, 1.54) is 28.4 Å². The van der Waals surface area contributed by atoms with Crippen LogP contribution in [-0.4, -0.2) is 95.2 Å². The summed E-state index contributed by atoms with van der Waals surface area (Å²) in [6.07, 6.45) is -3.50. The fourth-order valence-corrected chi connectivity index (χ4v) is 4.68. The van der Waals surface area contributed by atoms with Crippen LogP contribution in [0.5, 0.6) is 23.0 Å². The van der Waals surface area contributed by atoms with Crippen LogP contribution < -0.4 is 18.9 Å². The molecule has 0 fully saturated rings. The van der Waals surface area contributed by atoms with Gasteiger partial charge in [-0.15, -0.1) is 0 Å². The number of para-hydroxylation sites is 2. The fraction of sp³-hybridized carbons (Fsp3) is 0.500. The monoisotopic (exact) mass is 536 g/mol. The average molecular weight is 537 g/mol.